The summed E-state index contributed by atoms with van der Waals surface area (Å²) in [6.45, 7) is 12.9. The normalized spacial score (nSPS) is 24.6. The van der Waals surface area contributed by atoms with Gasteiger partial charge >= 0.3 is 0 Å². The van der Waals surface area contributed by atoms with Crippen LogP contribution in [0.2, 0.25) is 0 Å². The molecule has 0 saturated carbocycles. The molecule has 0 radical (unpaired) electrons. The molecule has 2 aliphatic carbocycles. The molecule has 350 valence electrons. The largest absolute Gasteiger partial charge is 0.507 e. The monoisotopic (exact) mass is 895 g/mol. The number of Topliss-reactive ketones (excluding diaryl/α,β-unsaturated/α-hetero) is 1. The fourth-order valence-electron chi connectivity index (χ4n) is 8.44. The van der Waals surface area contributed by atoms with E-state index >= 15 is 0 Å². The summed E-state index contributed by atoms with van der Waals surface area (Å²) in [7, 11) is 1.31. The molecule has 1 saturated heterocycles. The Kier molecular flexibility index (Phi) is 15.3. The number of carbonyl (C=O) groups is 7. The third-order valence-corrected chi connectivity index (χ3v) is 11.9. The van der Waals surface area contributed by atoms with Crippen LogP contribution in [0.15, 0.2) is 18.2 Å². The lowest BCUT2D eigenvalue weighted by Gasteiger charge is -2.43. The summed E-state index contributed by atoms with van der Waals surface area (Å²) < 4.78 is 17.7. The fourth-order valence-corrected chi connectivity index (χ4v) is 8.44. The zero-order valence-corrected chi connectivity index (χ0v) is 37.6. The van der Waals surface area contributed by atoms with Gasteiger partial charge in [0.15, 0.2) is 17.9 Å². The third-order valence-electron chi connectivity index (χ3n) is 11.9. The lowest BCUT2D eigenvalue weighted by Crippen LogP contribution is -2.60. The Morgan fingerprint density at radius 1 is 0.859 bits per heavy atom. The molecule has 0 aromatic heterocycles. The van der Waals surface area contributed by atoms with Gasteiger partial charge in [0, 0.05) is 36.0 Å². The van der Waals surface area contributed by atoms with Crippen molar-refractivity contribution >= 4 is 41.0 Å². The van der Waals surface area contributed by atoms with Crippen LogP contribution in [0.3, 0.4) is 0 Å². The minimum Gasteiger partial charge on any atom is -0.507 e. The van der Waals surface area contributed by atoms with E-state index in [1.807, 2.05) is 27.7 Å². The lowest BCUT2D eigenvalue weighted by atomic mass is 9.72. The van der Waals surface area contributed by atoms with E-state index in [4.69, 9.17) is 19.9 Å². The molecule has 1 heterocycles. The quantitative estimate of drug-likeness (QED) is 0.0910. The first-order chi connectivity index (χ1) is 29.9. The highest BCUT2D eigenvalue weighted by atomic mass is 16.7. The van der Waals surface area contributed by atoms with E-state index in [1.165, 1.54) is 46.1 Å². The number of methoxy groups -OCH3 is 1. The number of fused-ring (bicyclic) bond motifs is 3. The number of ether oxygens (including phenoxy) is 3. The maximum atomic E-state index is 14.0. The molecular weight excluding hydrogens is 835 g/mol. The molecule has 2 aromatic rings. The van der Waals surface area contributed by atoms with E-state index in [1.54, 1.807) is 0 Å². The van der Waals surface area contributed by atoms with Gasteiger partial charge in [-0.05, 0) is 58.4 Å². The van der Waals surface area contributed by atoms with Gasteiger partial charge in [-0.1, -0.05) is 39.8 Å². The van der Waals surface area contributed by atoms with Crippen molar-refractivity contribution in [2.75, 3.05) is 7.11 Å². The smallest absolute Gasteiger partial charge is 0.243 e. The van der Waals surface area contributed by atoms with Crippen molar-refractivity contribution in [1.29, 1.82) is 0 Å². The fraction of sp³-hybridized carbons (Fsp3) is 0.578. The lowest BCUT2D eigenvalue weighted by molar-refractivity contribution is -0.249. The molecule has 10 atom stereocenters. The predicted octanol–water partition coefficient (Wildman–Crippen LogP) is 1.10. The van der Waals surface area contributed by atoms with E-state index in [0.29, 0.717) is 0 Å². The zero-order valence-electron chi connectivity index (χ0n) is 37.6. The number of aliphatic hydroxyl groups is 2. The number of benzene rings is 2. The van der Waals surface area contributed by atoms with Crippen molar-refractivity contribution in [3.8, 4) is 17.2 Å². The van der Waals surface area contributed by atoms with Crippen molar-refractivity contribution < 1.29 is 68.2 Å². The maximum absolute atomic E-state index is 14.0. The summed E-state index contributed by atoms with van der Waals surface area (Å²) in [4.78, 5) is 93.8. The van der Waals surface area contributed by atoms with Crippen molar-refractivity contribution in [2.24, 2.45) is 17.6 Å². The molecule has 2 aromatic carbocycles. The summed E-state index contributed by atoms with van der Waals surface area (Å²) in [6, 6.07) is -0.868. The van der Waals surface area contributed by atoms with Crippen molar-refractivity contribution in [1.82, 2.24) is 21.3 Å². The van der Waals surface area contributed by atoms with Crippen LogP contribution in [0.4, 0.5) is 0 Å². The van der Waals surface area contributed by atoms with Crippen LogP contribution in [-0.4, -0.2) is 123 Å². The second-order valence-corrected chi connectivity index (χ2v) is 18.0. The van der Waals surface area contributed by atoms with Gasteiger partial charge in [0.2, 0.25) is 29.4 Å². The number of aliphatic hydroxyl groups excluding tert-OH is 1. The van der Waals surface area contributed by atoms with Crippen molar-refractivity contribution in [3.63, 3.8) is 0 Å². The van der Waals surface area contributed by atoms with Gasteiger partial charge in [-0.15, -0.1) is 0 Å². The topological polar surface area (TPSA) is 302 Å². The highest BCUT2D eigenvalue weighted by molar-refractivity contribution is 6.31. The van der Waals surface area contributed by atoms with Crippen LogP contribution in [0.1, 0.15) is 130 Å². The highest BCUT2D eigenvalue weighted by Gasteiger charge is 2.50. The van der Waals surface area contributed by atoms with Gasteiger partial charge in [-0.3, -0.25) is 33.6 Å². The number of hydrogen-bond acceptors (Lipinski definition) is 15. The number of aromatic hydroxyl groups is 2. The summed E-state index contributed by atoms with van der Waals surface area (Å²) >= 11 is 0. The van der Waals surface area contributed by atoms with E-state index < -0.39 is 137 Å². The van der Waals surface area contributed by atoms with Gasteiger partial charge in [-0.25, -0.2) is 0 Å². The molecule has 10 N–H and O–H groups in total. The van der Waals surface area contributed by atoms with E-state index in [9.17, 15) is 54.0 Å². The first kappa shape index (κ1) is 49.5. The Balaban J connectivity index is 1.38. The third kappa shape index (κ3) is 10.2. The number of hydrogen-bond donors (Lipinski definition) is 9. The molecule has 4 amide bonds. The number of nitrogens with one attached hydrogen (secondary N) is 4. The maximum Gasteiger partial charge on any atom is 0.243 e. The van der Waals surface area contributed by atoms with Gasteiger partial charge < -0.3 is 61.6 Å². The number of phenols is 2. The molecule has 1 aliphatic heterocycles. The Morgan fingerprint density at radius 2 is 1.45 bits per heavy atom. The molecular formula is C45H61N5O14. The summed E-state index contributed by atoms with van der Waals surface area (Å²) in [5.74, 6) is -6.35. The predicted molar refractivity (Wildman–Crippen MR) is 228 cm³/mol. The highest BCUT2D eigenvalue weighted by Crippen LogP contribution is 2.52. The van der Waals surface area contributed by atoms with E-state index in [2.05, 4.69) is 21.3 Å². The van der Waals surface area contributed by atoms with Crippen LogP contribution in [0.5, 0.6) is 17.2 Å². The summed E-state index contributed by atoms with van der Waals surface area (Å²) in [5.41, 5.74) is 1.90. The Morgan fingerprint density at radius 3 is 2.03 bits per heavy atom. The molecule has 5 rings (SSSR count). The molecule has 19 nitrogen and oxygen atoms in total. The molecule has 1 fully saturated rings. The molecule has 3 aliphatic rings. The number of rotatable bonds is 16. The minimum absolute atomic E-state index is 0.00939. The van der Waals surface area contributed by atoms with Crippen molar-refractivity contribution in [2.45, 2.75) is 148 Å². The SMILES string of the molecule is COc1cccc2c1C(=O)c1c(O)c3c(c(O)c1C2=O)C[C@@](O)(C(C)=O)C[C@@H]3O[C@H]1C[C@H](NC(=O)[C@@H](CC(C)C)NC(=O)[C@@H](C)NC(=O)[C@@H](CC(C)C)NC(=O)[C@@H](C)N)[C@H](O)[C@H](C)O1. The second kappa shape index (κ2) is 19.7. The summed E-state index contributed by atoms with van der Waals surface area (Å²) in [6.07, 6.45) is -5.89. The molecule has 64 heavy (non-hydrogen) atoms. The zero-order chi connectivity index (χ0) is 47.7. The average molecular weight is 896 g/mol. The Bertz CT molecular complexity index is 2190. The number of phenolic OH excluding ortho intramolecular Hbond substituents is 2. The van der Waals surface area contributed by atoms with Gasteiger partial charge in [0.25, 0.3) is 0 Å². The van der Waals surface area contributed by atoms with Gasteiger partial charge in [0.05, 0.1) is 48.1 Å². The van der Waals surface area contributed by atoms with Crippen molar-refractivity contribution in [3.05, 3.63) is 51.6 Å². The number of nitrogens with two attached hydrogens (primary N) is 1. The van der Waals surface area contributed by atoms with Crippen LogP contribution >= 0.6 is 0 Å². The average Bonchev–Trinajstić information content (AvgIpc) is 3.21. The first-order valence-electron chi connectivity index (χ1n) is 21.5. The van der Waals surface area contributed by atoms with E-state index in [-0.39, 0.29) is 59.1 Å². The van der Waals surface area contributed by atoms with Gasteiger partial charge in [-0.2, -0.15) is 0 Å². The Hall–Kier alpha value is -5.47. The summed E-state index contributed by atoms with van der Waals surface area (Å²) in [5, 5.41) is 57.1. The van der Waals surface area contributed by atoms with Gasteiger partial charge in [0.1, 0.15) is 47.1 Å². The standard InChI is InChI=1S/C45H61N5O14/c1-18(2)13-27(49-41(57)20(5)46)43(59)47-21(6)42(58)50-28(14-19(3)4)44(60)48-26-15-31(63-22(7)36(26)52)64-30-17-45(61,23(8)51)16-25-33(30)40(56)35-34(38(25)54)37(53)24-11-10-12-29(62-9)32(24)39(35)55/h10-12,18-22,26-28,30-31,36,52,54,56,61H,13-17,46H2,1-9H3,(H,47,59)(H,48,60)(H,49,57)(H,50,58)/t20-,21-,22+,26+,27-,28-,30+,31+,36-,45+/m1/s1. The molecule has 0 unspecified atom stereocenters. The van der Waals surface area contributed by atoms with Crippen LogP contribution in [0.25, 0.3) is 0 Å². The minimum atomic E-state index is -2.17. The first-order valence-corrected chi connectivity index (χ1v) is 21.5. The van der Waals surface area contributed by atoms with E-state index in [0.717, 1.165) is 6.92 Å². The van der Waals surface area contributed by atoms with Crippen LogP contribution < -0.4 is 31.7 Å². The Labute approximate surface area is 371 Å². The molecule has 0 spiro atoms. The number of amides is 4. The number of ketones is 3. The van der Waals surface area contributed by atoms with Crippen LogP contribution in [-0.2, 0) is 39.9 Å². The second-order valence-electron chi connectivity index (χ2n) is 18.0. The molecule has 19 heteroatoms. The molecule has 0 bridgehead atoms. The van der Waals surface area contributed by atoms with Crippen LogP contribution in [0, 0.1) is 11.8 Å². The number of carbonyl (C=O) groups excluding carboxylic acids is 7.